The summed E-state index contributed by atoms with van der Waals surface area (Å²) in [4.78, 5) is 15.3. The van der Waals surface area contributed by atoms with Gasteiger partial charge in [0.25, 0.3) is 0 Å². The number of hydrogen-bond acceptors (Lipinski definition) is 9. The summed E-state index contributed by atoms with van der Waals surface area (Å²) in [5, 5.41) is 13.3. The van der Waals surface area contributed by atoms with Crippen LogP contribution >= 0.6 is 0 Å². The molecule has 4 heterocycles. The first-order valence-electron chi connectivity index (χ1n) is 10.1. The number of ether oxygens (including phenoxy) is 4. The molecular weight excluding hydrogens is 411 g/mol. The van der Waals surface area contributed by atoms with Crippen molar-refractivity contribution < 1.29 is 32.7 Å². The van der Waals surface area contributed by atoms with Crippen molar-refractivity contribution in [1.29, 1.82) is 5.26 Å². The number of fused-ring (bicyclic) bond motifs is 1. The molecule has 3 aliphatic heterocycles. The number of nitriles is 1. The van der Waals surface area contributed by atoms with E-state index in [0.717, 1.165) is 4.90 Å². The Bertz CT molecular complexity index is 1050. The Morgan fingerprint density at radius 1 is 1.19 bits per heavy atom. The number of hydrogen-bond donors (Lipinski definition) is 0. The van der Waals surface area contributed by atoms with E-state index in [1.54, 1.807) is 6.07 Å². The Morgan fingerprint density at radius 3 is 2.55 bits per heavy atom. The summed E-state index contributed by atoms with van der Waals surface area (Å²) in [6.45, 7) is 5.57. The zero-order valence-corrected chi connectivity index (χ0v) is 17.0. The molecular formula is C20H21FN4O6. The summed E-state index contributed by atoms with van der Waals surface area (Å²) in [7, 11) is 0. The summed E-state index contributed by atoms with van der Waals surface area (Å²) in [6.07, 6.45) is -2.62. The van der Waals surface area contributed by atoms with Crippen LogP contribution in [0.3, 0.4) is 0 Å². The van der Waals surface area contributed by atoms with Crippen molar-refractivity contribution in [3.63, 3.8) is 0 Å². The van der Waals surface area contributed by atoms with Crippen LogP contribution in [0.2, 0.25) is 0 Å². The van der Waals surface area contributed by atoms with Gasteiger partial charge in [0.05, 0.1) is 43.0 Å². The third kappa shape index (κ3) is 3.37. The fourth-order valence-corrected chi connectivity index (χ4v) is 4.33. The van der Waals surface area contributed by atoms with Gasteiger partial charge in [0.15, 0.2) is 17.9 Å². The fourth-order valence-electron chi connectivity index (χ4n) is 4.33. The van der Waals surface area contributed by atoms with Gasteiger partial charge >= 0.3 is 6.09 Å². The zero-order valence-electron chi connectivity index (χ0n) is 17.0. The van der Waals surface area contributed by atoms with Gasteiger partial charge in [0, 0.05) is 18.7 Å². The van der Waals surface area contributed by atoms with E-state index in [0.29, 0.717) is 37.6 Å². The summed E-state index contributed by atoms with van der Waals surface area (Å²) < 4.78 is 43.3. The molecule has 31 heavy (non-hydrogen) atoms. The van der Waals surface area contributed by atoms with E-state index in [1.165, 1.54) is 0 Å². The van der Waals surface area contributed by atoms with Gasteiger partial charge in [-0.15, -0.1) is 0 Å². The van der Waals surface area contributed by atoms with Gasteiger partial charge in [-0.2, -0.15) is 5.26 Å². The standard InChI is InChI=1S/C20H21FN4O6/c1-10-7-24(8-11(2)29-10)16-13(19-27-3-4-28-19)5-14-17(15(16)21)31-23-18(14)25-9-12(6-22)30-20(25)26/h5,10-12,19H,3-4,7-9H2,1-2H3/t10-,11-,12+/m1/s1. The maximum Gasteiger partial charge on any atom is 0.417 e. The van der Waals surface area contributed by atoms with E-state index in [1.807, 2.05) is 24.8 Å². The van der Waals surface area contributed by atoms with Crippen molar-refractivity contribution in [2.45, 2.75) is 38.4 Å². The number of carbonyl (C=O) groups excluding carboxylic acids is 1. The van der Waals surface area contributed by atoms with Crippen molar-refractivity contribution >= 4 is 28.6 Å². The molecule has 0 saturated carbocycles. The first kappa shape index (κ1) is 20.0. The van der Waals surface area contributed by atoms with Gasteiger partial charge in [-0.1, -0.05) is 5.16 Å². The van der Waals surface area contributed by atoms with Crippen LogP contribution in [-0.2, 0) is 18.9 Å². The monoisotopic (exact) mass is 432 g/mol. The first-order chi connectivity index (χ1) is 15.0. The molecule has 3 saturated heterocycles. The molecule has 1 aromatic carbocycles. The molecule has 1 amide bonds. The second kappa shape index (κ2) is 7.64. The number of halogens is 1. The second-order valence-corrected chi connectivity index (χ2v) is 7.86. The zero-order chi connectivity index (χ0) is 21.7. The van der Waals surface area contributed by atoms with Crippen molar-refractivity contribution in [3.05, 3.63) is 17.4 Å². The van der Waals surface area contributed by atoms with Crippen LogP contribution < -0.4 is 9.80 Å². The van der Waals surface area contributed by atoms with Crippen LogP contribution in [0.5, 0.6) is 0 Å². The lowest BCUT2D eigenvalue weighted by molar-refractivity contribution is -0.0445. The number of carbonyl (C=O) groups is 1. The van der Waals surface area contributed by atoms with E-state index in [4.69, 9.17) is 28.7 Å². The summed E-state index contributed by atoms with van der Waals surface area (Å²) in [6, 6.07) is 3.56. The van der Waals surface area contributed by atoms with Gasteiger partial charge in [0.1, 0.15) is 6.07 Å². The maximum absolute atomic E-state index is 15.8. The highest BCUT2D eigenvalue weighted by Crippen LogP contribution is 2.42. The fraction of sp³-hybridized carbons (Fsp3) is 0.550. The molecule has 3 atom stereocenters. The Morgan fingerprint density at radius 2 is 1.90 bits per heavy atom. The molecule has 0 radical (unpaired) electrons. The molecule has 0 aliphatic carbocycles. The normalized spacial score (nSPS) is 27.2. The highest BCUT2D eigenvalue weighted by atomic mass is 19.1. The summed E-state index contributed by atoms with van der Waals surface area (Å²) in [5.74, 6) is -0.526. The highest BCUT2D eigenvalue weighted by molar-refractivity contribution is 6.00. The lowest BCUT2D eigenvalue weighted by Crippen LogP contribution is -2.46. The van der Waals surface area contributed by atoms with Crippen LogP contribution in [-0.4, -0.2) is 62.4 Å². The molecule has 10 nitrogen and oxygen atoms in total. The number of nitrogens with zero attached hydrogens (tertiary/aromatic N) is 4. The van der Waals surface area contributed by atoms with Gasteiger partial charge in [-0.05, 0) is 19.9 Å². The van der Waals surface area contributed by atoms with Crippen molar-refractivity contribution in [2.75, 3.05) is 42.6 Å². The van der Waals surface area contributed by atoms with Gasteiger partial charge < -0.3 is 28.4 Å². The molecule has 3 fully saturated rings. The van der Waals surface area contributed by atoms with Crippen LogP contribution in [0.4, 0.5) is 20.7 Å². The number of anilines is 2. The van der Waals surface area contributed by atoms with E-state index < -0.39 is 24.3 Å². The molecule has 11 heteroatoms. The number of rotatable bonds is 3. The van der Waals surface area contributed by atoms with Crippen molar-refractivity contribution in [3.8, 4) is 6.07 Å². The van der Waals surface area contributed by atoms with Crippen LogP contribution in [0.25, 0.3) is 11.0 Å². The van der Waals surface area contributed by atoms with Gasteiger partial charge in [-0.25, -0.2) is 9.18 Å². The number of aromatic nitrogens is 1. The van der Waals surface area contributed by atoms with Gasteiger partial charge in [0.2, 0.25) is 11.7 Å². The second-order valence-electron chi connectivity index (χ2n) is 7.86. The molecule has 0 spiro atoms. The minimum absolute atomic E-state index is 0.0232. The van der Waals surface area contributed by atoms with E-state index in [2.05, 4.69) is 5.16 Å². The van der Waals surface area contributed by atoms with Crippen LogP contribution in [0.15, 0.2) is 10.6 Å². The predicted octanol–water partition coefficient (Wildman–Crippen LogP) is 2.47. The maximum atomic E-state index is 15.8. The Kier molecular flexibility index (Phi) is 4.92. The molecule has 5 rings (SSSR count). The lowest BCUT2D eigenvalue weighted by atomic mass is 10.0. The summed E-state index contributed by atoms with van der Waals surface area (Å²) >= 11 is 0. The number of benzene rings is 1. The van der Waals surface area contributed by atoms with Crippen LogP contribution in [0.1, 0.15) is 25.7 Å². The van der Waals surface area contributed by atoms with Crippen molar-refractivity contribution in [1.82, 2.24) is 5.16 Å². The molecule has 0 unspecified atom stereocenters. The van der Waals surface area contributed by atoms with E-state index >= 15 is 4.39 Å². The lowest BCUT2D eigenvalue weighted by Gasteiger charge is -2.38. The molecule has 2 aromatic rings. The minimum atomic E-state index is -0.930. The smallest absolute Gasteiger partial charge is 0.417 e. The largest absolute Gasteiger partial charge is 0.428 e. The van der Waals surface area contributed by atoms with E-state index in [-0.39, 0.29) is 35.5 Å². The van der Waals surface area contributed by atoms with Gasteiger partial charge in [-0.3, -0.25) is 4.90 Å². The number of amides is 1. The molecule has 0 N–H and O–H groups in total. The van der Waals surface area contributed by atoms with Crippen molar-refractivity contribution in [2.24, 2.45) is 0 Å². The Balaban J connectivity index is 1.64. The number of morpholine rings is 1. The predicted molar refractivity (Wildman–Crippen MR) is 104 cm³/mol. The molecule has 1 aromatic heterocycles. The average Bonchev–Trinajstić information content (AvgIpc) is 3.46. The Hall–Kier alpha value is -2.94. The van der Waals surface area contributed by atoms with Crippen LogP contribution in [0, 0.1) is 17.1 Å². The topological polar surface area (TPSA) is 110 Å². The molecule has 164 valence electrons. The molecule has 3 aliphatic rings. The highest BCUT2D eigenvalue weighted by Gasteiger charge is 2.38. The average molecular weight is 432 g/mol. The molecule has 0 bridgehead atoms. The summed E-state index contributed by atoms with van der Waals surface area (Å²) in [5.41, 5.74) is 0.701. The third-order valence-corrected chi connectivity index (χ3v) is 5.51. The Labute approximate surface area is 176 Å². The quantitative estimate of drug-likeness (QED) is 0.722. The van der Waals surface area contributed by atoms with E-state index in [9.17, 15) is 4.79 Å². The number of cyclic esters (lactones) is 1. The third-order valence-electron chi connectivity index (χ3n) is 5.51. The minimum Gasteiger partial charge on any atom is -0.428 e. The SMILES string of the molecule is C[C@@H]1CN(c2c(C3OCCO3)cc3c(N4C[C@H](C#N)OC4=O)noc3c2F)C[C@@H](C)O1. The first-order valence-corrected chi connectivity index (χ1v) is 10.1.